The molecule has 3 aliphatic heterocycles. The van der Waals surface area contributed by atoms with Gasteiger partial charge in [-0.1, -0.05) is 65.7 Å². The summed E-state index contributed by atoms with van der Waals surface area (Å²) in [5.74, 6) is -0.443. The van der Waals surface area contributed by atoms with E-state index in [1.807, 2.05) is 0 Å². The molecule has 292 valence electrons. The first-order chi connectivity index (χ1) is 27.0. The van der Waals surface area contributed by atoms with Crippen molar-refractivity contribution in [1.29, 1.82) is 0 Å². The summed E-state index contributed by atoms with van der Waals surface area (Å²) in [6.07, 6.45) is -0.213. The molecule has 1 aliphatic carbocycles. The van der Waals surface area contributed by atoms with Crippen molar-refractivity contribution >= 4 is 35.6 Å². The molecule has 0 amide bonds. The fraction of sp³-hybridized carbons (Fsp3) is 0.548. The average molecular weight is 780 g/mol. The zero-order chi connectivity index (χ0) is 40.8. The van der Waals surface area contributed by atoms with E-state index >= 15 is 17.6 Å². The summed E-state index contributed by atoms with van der Waals surface area (Å²) >= 11 is 0. The summed E-state index contributed by atoms with van der Waals surface area (Å²) in [5.41, 5.74) is 2.26. The van der Waals surface area contributed by atoms with Crippen molar-refractivity contribution in [2.24, 2.45) is 5.92 Å². The highest BCUT2D eigenvalue weighted by molar-refractivity contribution is 6.90. The predicted octanol–water partition coefficient (Wildman–Crippen LogP) is 8.96. The number of fused-ring (bicyclic) bond motifs is 4. The Hall–Kier alpha value is -3.86. The lowest BCUT2D eigenvalue weighted by molar-refractivity contribution is 0.107. The van der Waals surface area contributed by atoms with Gasteiger partial charge in [0.05, 0.1) is 38.5 Å². The number of anilines is 1. The van der Waals surface area contributed by atoms with Crippen molar-refractivity contribution in [3.63, 3.8) is 0 Å². The molecule has 3 saturated heterocycles. The monoisotopic (exact) mass is 779 g/mol. The summed E-state index contributed by atoms with van der Waals surface area (Å²) in [4.78, 5) is 17.0. The maximum atomic E-state index is 17.4. The molecular formula is C42H48F5N5O2Si. The summed E-state index contributed by atoms with van der Waals surface area (Å²) in [6.45, 7) is 11.4. The van der Waals surface area contributed by atoms with Gasteiger partial charge in [0.2, 0.25) is 0 Å². The highest BCUT2D eigenvalue weighted by Gasteiger charge is 2.56. The SMILES string of the molecule is [2H]C([2H])(Oc1nc(N2CCOC[C@H]3[C@H](F)[C@H]32)c2cnc(-c3cccc4cc(F)c(F)c(C#C[Si](C(C)C)(C(C)C)C(C)C)c34)c(F)c2n1)[C@@]12CCCN1C[C@H](F)C2. The quantitative estimate of drug-likeness (QED) is 0.101. The van der Waals surface area contributed by atoms with Gasteiger partial charge in [0.15, 0.2) is 17.5 Å². The predicted molar refractivity (Wildman–Crippen MR) is 207 cm³/mol. The summed E-state index contributed by atoms with van der Waals surface area (Å²) in [7, 11) is -2.43. The van der Waals surface area contributed by atoms with E-state index in [0.29, 0.717) is 24.8 Å². The van der Waals surface area contributed by atoms with Gasteiger partial charge < -0.3 is 14.4 Å². The molecule has 4 aromatic rings. The number of hydrogen-bond donors (Lipinski definition) is 0. The number of pyridine rings is 1. The molecule has 2 aromatic heterocycles. The molecule has 0 spiro atoms. The Morgan fingerprint density at radius 3 is 2.56 bits per heavy atom. The van der Waals surface area contributed by atoms with Gasteiger partial charge in [0.1, 0.15) is 44.0 Å². The number of benzene rings is 2. The molecule has 0 unspecified atom stereocenters. The summed E-state index contributed by atoms with van der Waals surface area (Å²) in [5, 5.41) is 0.599. The maximum Gasteiger partial charge on any atom is 0.319 e. The first-order valence-electron chi connectivity index (χ1n) is 20.4. The van der Waals surface area contributed by atoms with Crippen LogP contribution in [0.15, 0.2) is 30.5 Å². The summed E-state index contributed by atoms with van der Waals surface area (Å²) < 4.78 is 109. The number of rotatable bonds is 8. The van der Waals surface area contributed by atoms with E-state index in [0.717, 1.165) is 6.07 Å². The van der Waals surface area contributed by atoms with Gasteiger partial charge in [-0.2, -0.15) is 9.97 Å². The Morgan fingerprint density at radius 2 is 1.82 bits per heavy atom. The van der Waals surface area contributed by atoms with Gasteiger partial charge in [0, 0.05) is 42.6 Å². The van der Waals surface area contributed by atoms with E-state index < -0.39 is 67.9 Å². The van der Waals surface area contributed by atoms with E-state index in [-0.39, 0.29) is 88.3 Å². The number of hydrogen-bond acceptors (Lipinski definition) is 7. The number of halogens is 5. The average Bonchev–Trinajstić information content (AvgIpc) is 3.50. The molecule has 1 saturated carbocycles. The van der Waals surface area contributed by atoms with Crippen LogP contribution in [0.5, 0.6) is 6.01 Å². The molecule has 4 fully saturated rings. The van der Waals surface area contributed by atoms with E-state index in [1.165, 1.54) is 6.20 Å². The molecule has 5 atom stereocenters. The Balaban J connectivity index is 1.33. The lowest BCUT2D eigenvalue weighted by Gasteiger charge is -2.38. The van der Waals surface area contributed by atoms with Crippen molar-refractivity contribution in [2.45, 2.75) is 101 Å². The van der Waals surface area contributed by atoms with Crippen LogP contribution in [0.2, 0.25) is 16.6 Å². The molecule has 5 heterocycles. The third kappa shape index (κ3) is 6.27. The molecular weight excluding hydrogens is 730 g/mol. The minimum atomic E-state index is -2.49. The van der Waals surface area contributed by atoms with Crippen LogP contribution in [0.25, 0.3) is 32.9 Å². The number of ether oxygens (including phenoxy) is 2. The molecule has 0 N–H and O–H groups in total. The van der Waals surface area contributed by atoms with Crippen LogP contribution in [0, 0.1) is 34.8 Å². The van der Waals surface area contributed by atoms with Crippen molar-refractivity contribution < 1.29 is 34.2 Å². The molecule has 7 nitrogen and oxygen atoms in total. The third-order valence-electron chi connectivity index (χ3n) is 12.6. The normalized spacial score (nSPS) is 26.3. The van der Waals surface area contributed by atoms with Gasteiger partial charge in [-0.05, 0) is 47.5 Å². The van der Waals surface area contributed by atoms with Crippen molar-refractivity contribution in [2.75, 3.05) is 44.3 Å². The maximum absolute atomic E-state index is 17.4. The lowest BCUT2D eigenvalue weighted by atomic mass is 9.95. The highest BCUT2D eigenvalue weighted by atomic mass is 28.3. The van der Waals surface area contributed by atoms with E-state index in [2.05, 4.69) is 68.0 Å². The highest BCUT2D eigenvalue weighted by Crippen LogP contribution is 2.46. The Bertz CT molecular complexity index is 2280. The van der Waals surface area contributed by atoms with Gasteiger partial charge in [-0.25, -0.2) is 22.0 Å². The minimum Gasteiger partial charge on any atom is -0.461 e. The second-order valence-corrected chi connectivity index (χ2v) is 22.1. The fourth-order valence-corrected chi connectivity index (χ4v) is 15.1. The van der Waals surface area contributed by atoms with E-state index in [9.17, 15) is 4.39 Å². The Labute approximate surface area is 322 Å². The number of aromatic nitrogens is 3. The standard InChI is InChI=1S/C42H48F5N5O2Si/c1-23(2)55(24(3)4,25(5)6)16-11-28-33-26(17-32(44)34(28)45)9-7-10-29(33)37-36(47)38-30(19-48-37)40(52-14-15-53-21-31-35(46)39(31)52)50-41(49-38)54-22-42-12-8-13-51(42)20-27(43)18-42/h7,9-10,17,19,23-25,27,31,35,39H,8,12-15,18,20-22H2,1-6H3/t27-,31+,35+,39+,42+/m1/s1/i22D2. The zero-order valence-corrected chi connectivity index (χ0v) is 33.0. The van der Waals surface area contributed by atoms with Crippen molar-refractivity contribution in [3.8, 4) is 28.7 Å². The first-order valence-corrected chi connectivity index (χ1v) is 21.6. The van der Waals surface area contributed by atoms with Crippen LogP contribution >= 0.6 is 0 Å². The largest absolute Gasteiger partial charge is 0.461 e. The van der Waals surface area contributed by atoms with Crippen molar-refractivity contribution in [1.82, 2.24) is 19.9 Å². The molecule has 2 aromatic carbocycles. The Kier molecular flexibility index (Phi) is 9.22. The van der Waals surface area contributed by atoms with Crippen molar-refractivity contribution in [3.05, 3.63) is 53.5 Å². The molecule has 0 bridgehead atoms. The van der Waals surface area contributed by atoms with Crippen LogP contribution in [0.1, 0.15) is 69.1 Å². The summed E-state index contributed by atoms with van der Waals surface area (Å²) in [6, 6.07) is 4.69. The smallest absolute Gasteiger partial charge is 0.319 e. The van der Waals surface area contributed by atoms with Gasteiger partial charge in [0.25, 0.3) is 0 Å². The minimum absolute atomic E-state index is 0.0720. The van der Waals surface area contributed by atoms with Crippen LogP contribution < -0.4 is 9.64 Å². The molecule has 8 rings (SSSR count). The van der Waals surface area contributed by atoms with Gasteiger partial charge in [-0.15, -0.1) is 5.54 Å². The van der Waals surface area contributed by atoms with Crippen LogP contribution in [0.4, 0.5) is 27.8 Å². The molecule has 0 radical (unpaired) electrons. The van der Waals surface area contributed by atoms with Crippen LogP contribution in [-0.4, -0.2) is 91.3 Å². The third-order valence-corrected chi connectivity index (χ3v) is 18.9. The lowest BCUT2D eigenvalue weighted by Crippen LogP contribution is -2.43. The zero-order valence-electron chi connectivity index (χ0n) is 34.0. The van der Waals surface area contributed by atoms with Gasteiger partial charge in [-0.3, -0.25) is 9.88 Å². The molecule has 4 aliphatic rings. The number of alkyl halides is 2. The van der Waals surface area contributed by atoms with Crippen LogP contribution in [-0.2, 0) is 4.74 Å². The second-order valence-electron chi connectivity index (χ2n) is 16.6. The fourth-order valence-electron chi connectivity index (χ4n) is 9.88. The molecule has 55 heavy (non-hydrogen) atoms. The number of nitrogens with zero attached hydrogens (tertiary/aromatic N) is 5. The van der Waals surface area contributed by atoms with Crippen LogP contribution in [0.3, 0.4) is 0 Å². The van der Waals surface area contributed by atoms with E-state index in [4.69, 9.17) is 12.2 Å². The van der Waals surface area contributed by atoms with Gasteiger partial charge >= 0.3 is 6.01 Å². The van der Waals surface area contributed by atoms with E-state index in [1.54, 1.807) is 28.0 Å². The second kappa shape index (κ2) is 14.3. The topological polar surface area (TPSA) is 63.6 Å². The first kappa shape index (κ1) is 35.5. The molecule has 13 heteroatoms. The Morgan fingerprint density at radius 1 is 1.05 bits per heavy atom.